The average molecular weight is 309 g/mol. The highest BCUT2D eigenvalue weighted by molar-refractivity contribution is 7.89. The van der Waals surface area contributed by atoms with Gasteiger partial charge in [-0.25, -0.2) is 18.2 Å². The molecule has 0 spiro atoms. The van der Waals surface area contributed by atoms with Crippen LogP contribution in [0.1, 0.15) is 24.0 Å². The Kier molecular flexibility index (Phi) is 3.42. The summed E-state index contributed by atoms with van der Waals surface area (Å²) >= 11 is 0. The Balaban J connectivity index is 1.85. The minimum Gasteiger partial charge on any atom is -0.275 e. The number of amides is 3. The highest BCUT2D eigenvalue weighted by atomic mass is 32.2. The highest BCUT2D eigenvalue weighted by Gasteiger charge is 2.31. The van der Waals surface area contributed by atoms with Crippen LogP contribution >= 0.6 is 0 Å². The van der Waals surface area contributed by atoms with E-state index in [0.29, 0.717) is 0 Å². The summed E-state index contributed by atoms with van der Waals surface area (Å²) in [6.45, 7) is -0.316. The third kappa shape index (κ3) is 2.77. The lowest BCUT2D eigenvalue weighted by Gasteiger charge is -2.18. The molecule has 0 aromatic heterocycles. The number of carbonyl (C=O) groups excluding carboxylic acids is 2. The van der Waals surface area contributed by atoms with Crippen LogP contribution in [-0.2, 0) is 27.7 Å². The highest BCUT2D eigenvalue weighted by Crippen LogP contribution is 2.24. The van der Waals surface area contributed by atoms with Crippen molar-refractivity contribution in [2.24, 2.45) is 0 Å². The fourth-order valence-electron chi connectivity index (χ4n) is 2.59. The van der Waals surface area contributed by atoms with E-state index >= 15 is 0 Å². The molecule has 1 aliphatic carbocycles. The molecule has 1 aromatic rings. The maximum absolute atomic E-state index is 12.3. The molecule has 2 N–H and O–H groups in total. The van der Waals surface area contributed by atoms with Crippen molar-refractivity contribution in [1.29, 1.82) is 0 Å². The van der Waals surface area contributed by atoms with Crippen molar-refractivity contribution in [2.75, 3.05) is 6.54 Å². The summed E-state index contributed by atoms with van der Waals surface area (Å²) in [7, 11) is -3.87. The quantitative estimate of drug-likeness (QED) is 0.786. The minimum atomic E-state index is -3.87. The summed E-state index contributed by atoms with van der Waals surface area (Å²) in [5.41, 5.74) is 2.21. The van der Waals surface area contributed by atoms with Gasteiger partial charge in [0, 0.05) is 0 Å². The molecule has 1 aliphatic heterocycles. The molecule has 0 unspecified atom stereocenters. The van der Waals surface area contributed by atoms with Gasteiger partial charge in [-0.1, -0.05) is 6.07 Å². The Morgan fingerprint density at radius 1 is 1.10 bits per heavy atom. The first-order chi connectivity index (χ1) is 9.95. The number of rotatable bonds is 3. The zero-order valence-electron chi connectivity index (χ0n) is 11.3. The van der Waals surface area contributed by atoms with Crippen LogP contribution in [-0.4, -0.2) is 31.9 Å². The van der Waals surface area contributed by atoms with Crippen molar-refractivity contribution in [3.63, 3.8) is 0 Å². The number of urea groups is 1. The molecular formula is C13H15N3O4S. The predicted molar refractivity (Wildman–Crippen MR) is 73.7 cm³/mol. The van der Waals surface area contributed by atoms with Crippen LogP contribution in [0.3, 0.4) is 0 Å². The van der Waals surface area contributed by atoms with Gasteiger partial charge in [-0.05, 0) is 48.9 Å². The number of aryl methyl sites for hydroxylation is 2. The lowest BCUT2D eigenvalue weighted by Crippen LogP contribution is -2.44. The number of hydrogen-bond donors (Lipinski definition) is 2. The Hall–Kier alpha value is -1.93. The van der Waals surface area contributed by atoms with E-state index in [1.807, 2.05) is 11.4 Å². The van der Waals surface area contributed by atoms with Crippen LogP contribution < -0.4 is 10.1 Å². The summed E-state index contributed by atoms with van der Waals surface area (Å²) in [6.07, 6.45) is 3.99. The molecule has 0 radical (unpaired) electrons. The van der Waals surface area contributed by atoms with E-state index in [2.05, 4.69) is 4.83 Å². The van der Waals surface area contributed by atoms with Crippen LogP contribution in [0.15, 0.2) is 23.1 Å². The molecule has 1 heterocycles. The fraction of sp³-hybridized carbons (Fsp3) is 0.385. The topological polar surface area (TPSA) is 95.6 Å². The Morgan fingerprint density at radius 3 is 2.48 bits per heavy atom. The van der Waals surface area contributed by atoms with Gasteiger partial charge in [-0.15, -0.1) is 4.83 Å². The first kappa shape index (κ1) is 14.0. The number of fused-ring (bicyclic) bond motifs is 1. The second-order valence-electron chi connectivity index (χ2n) is 5.17. The third-order valence-corrected chi connectivity index (χ3v) is 4.99. The van der Waals surface area contributed by atoms with E-state index in [4.69, 9.17) is 0 Å². The lowest BCUT2D eigenvalue weighted by molar-refractivity contribution is -0.118. The number of hydrogen-bond acceptors (Lipinski definition) is 4. The van der Waals surface area contributed by atoms with Gasteiger partial charge in [-0.3, -0.25) is 10.1 Å². The minimum absolute atomic E-state index is 0.107. The van der Waals surface area contributed by atoms with E-state index in [-0.39, 0.29) is 11.4 Å². The van der Waals surface area contributed by atoms with Gasteiger partial charge in [0.2, 0.25) is 5.91 Å². The van der Waals surface area contributed by atoms with Crippen LogP contribution in [0.25, 0.3) is 0 Å². The van der Waals surface area contributed by atoms with Crippen molar-refractivity contribution in [3.05, 3.63) is 29.3 Å². The third-order valence-electron chi connectivity index (χ3n) is 3.65. The van der Waals surface area contributed by atoms with E-state index in [9.17, 15) is 18.0 Å². The summed E-state index contributed by atoms with van der Waals surface area (Å²) in [4.78, 5) is 24.7. The molecule has 21 heavy (non-hydrogen) atoms. The molecule has 1 fully saturated rings. The maximum atomic E-state index is 12.3. The SMILES string of the molecule is O=C1CN(NS(=O)(=O)c2ccc3c(c2)CCCC3)C(=O)N1. The number of hydrazine groups is 1. The first-order valence-corrected chi connectivity index (χ1v) is 8.20. The van der Waals surface area contributed by atoms with Crippen molar-refractivity contribution < 1.29 is 18.0 Å². The average Bonchev–Trinajstić information content (AvgIpc) is 2.75. The molecular weight excluding hydrogens is 294 g/mol. The van der Waals surface area contributed by atoms with E-state index in [0.717, 1.165) is 36.3 Å². The number of sulfonamides is 1. The number of carbonyl (C=O) groups is 2. The molecule has 1 aromatic carbocycles. The number of benzene rings is 1. The molecule has 0 saturated carbocycles. The van der Waals surface area contributed by atoms with Crippen molar-refractivity contribution in [1.82, 2.24) is 15.2 Å². The summed E-state index contributed by atoms with van der Waals surface area (Å²) in [5, 5.41) is 2.77. The van der Waals surface area contributed by atoms with Gasteiger partial charge in [-0.2, -0.15) is 0 Å². The summed E-state index contributed by atoms with van der Waals surface area (Å²) in [6, 6.07) is 4.23. The molecule has 1 saturated heterocycles. The molecule has 0 atom stereocenters. The van der Waals surface area contributed by atoms with Crippen LogP contribution in [0, 0.1) is 0 Å². The monoisotopic (exact) mass is 309 g/mol. The first-order valence-electron chi connectivity index (χ1n) is 6.71. The van der Waals surface area contributed by atoms with Crippen molar-refractivity contribution >= 4 is 22.0 Å². The molecule has 3 amide bonds. The standard InChI is InChI=1S/C13H15N3O4S/c17-12-8-16(13(18)14-12)15-21(19,20)11-6-5-9-3-1-2-4-10(9)7-11/h5-7,15H,1-4,8H2,(H,14,17,18). The number of nitrogens with zero attached hydrogens (tertiary/aromatic N) is 1. The van der Waals surface area contributed by atoms with Crippen molar-refractivity contribution in [3.8, 4) is 0 Å². The second kappa shape index (κ2) is 5.12. The Labute approximate surface area is 122 Å². The van der Waals surface area contributed by atoms with Crippen LogP contribution in [0.4, 0.5) is 4.79 Å². The molecule has 7 nitrogen and oxygen atoms in total. The fourth-order valence-corrected chi connectivity index (χ4v) is 3.68. The van der Waals surface area contributed by atoms with E-state index in [1.54, 1.807) is 6.07 Å². The second-order valence-corrected chi connectivity index (χ2v) is 6.83. The van der Waals surface area contributed by atoms with Gasteiger partial charge < -0.3 is 0 Å². The molecule has 2 aliphatic rings. The zero-order chi connectivity index (χ0) is 15.0. The largest absolute Gasteiger partial charge is 0.339 e. The van der Waals surface area contributed by atoms with Crippen molar-refractivity contribution in [2.45, 2.75) is 30.6 Å². The summed E-state index contributed by atoms with van der Waals surface area (Å²) in [5.74, 6) is -0.534. The van der Waals surface area contributed by atoms with E-state index < -0.39 is 22.0 Å². The normalized spacial score (nSPS) is 18.6. The van der Waals surface area contributed by atoms with Gasteiger partial charge in [0.1, 0.15) is 6.54 Å². The molecule has 112 valence electrons. The predicted octanol–water partition coefficient (Wildman–Crippen LogP) is 0.310. The Morgan fingerprint density at radius 2 is 1.81 bits per heavy atom. The molecule has 8 heteroatoms. The van der Waals surface area contributed by atoms with E-state index in [1.165, 1.54) is 11.6 Å². The number of nitrogens with one attached hydrogen (secondary N) is 2. The van der Waals surface area contributed by atoms with Gasteiger partial charge in [0.25, 0.3) is 10.0 Å². The Bertz CT molecular complexity index is 714. The summed E-state index contributed by atoms with van der Waals surface area (Å²) < 4.78 is 24.6. The van der Waals surface area contributed by atoms with Gasteiger partial charge in [0.05, 0.1) is 4.90 Å². The maximum Gasteiger partial charge on any atom is 0.339 e. The van der Waals surface area contributed by atoms with Gasteiger partial charge >= 0.3 is 6.03 Å². The smallest absolute Gasteiger partial charge is 0.275 e. The van der Waals surface area contributed by atoms with Crippen LogP contribution in [0.2, 0.25) is 0 Å². The number of imide groups is 1. The van der Waals surface area contributed by atoms with Gasteiger partial charge in [0.15, 0.2) is 0 Å². The molecule has 0 bridgehead atoms. The van der Waals surface area contributed by atoms with Crippen LogP contribution in [0.5, 0.6) is 0 Å². The molecule has 3 rings (SSSR count). The lowest BCUT2D eigenvalue weighted by atomic mass is 9.92. The zero-order valence-corrected chi connectivity index (χ0v) is 12.1.